The van der Waals surface area contributed by atoms with Crippen LogP contribution in [-0.4, -0.2) is 28.8 Å². The van der Waals surface area contributed by atoms with Crippen LogP contribution in [0.3, 0.4) is 0 Å². The van der Waals surface area contributed by atoms with Crippen LogP contribution in [0.15, 0.2) is 0 Å². The number of nitrogens with zero attached hydrogens (tertiary/aromatic N) is 1. The van der Waals surface area contributed by atoms with Crippen LogP contribution in [0.2, 0.25) is 0 Å². The zero-order chi connectivity index (χ0) is 12.3. The highest BCUT2D eigenvalue weighted by molar-refractivity contribution is 9.09. The summed E-state index contributed by atoms with van der Waals surface area (Å²) in [7, 11) is 0. The Morgan fingerprint density at radius 1 is 1.18 bits per heavy atom. The number of amides is 2. The van der Waals surface area contributed by atoms with Crippen molar-refractivity contribution in [2.75, 3.05) is 11.9 Å². The average molecular weight is 304 g/mol. The first-order valence-electron chi connectivity index (χ1n) is 6.22. The lowest BCUT2D eigenvalue weighted by Gasteiger charge is -2.36. The second-order valence-electron chi connectivity index (χ2n) is 5.02. The van der Waals surface area contributed by atoms with Crippen LogP contribution in [-0.2, 0) is 14.4 Å². The Labute approximate surface area is 110 Å². The van der Waals surface area contributed by atoms with Gasteiger partial charge < -0.3 is 0 Å². The first-order valence-corrected chi connectivity index (χ1v) is 7.34. The third kappa shape index (κ3) is 2.88. The lowest BCUT2D eigenvalue weighted by atomic mass is 9.77. The molecule has 2 aliphatic rings. The molecular formula is C12H18BrNO3. The molecule has 17 heavy (non-hydrogen) atoms. The van der Waals surface area contributed by atoms with Crippen molar-refractivity contribution in [1.29, 1.82) is 0 Å². The summed E-state index contributed by atoms with van der Waals surface area (Å²) in [6.45, 7) is 0.412. The number of hydroxylamine groups is 2. The average Bonchev–Trinajstić information content (AvgIpc) is 2.70. The van der Waals surface area contributed by atoms with Gasteiger partial charge in [0.05, 0.1) is 6.61 Å². The fourth-order valence-corrected chi connectivity index (χ4v) is 3.05. The molecule has 1 saturated carbocycles. The van der Waals surface area contributed by atoms with Gasteiger partial charge in [0.2, 0.25) is 0 Å². The number of piperidine rings is 1. The number of halogens is 1. The summed E-state index contributed by atoms with van der Waals surface area (Å²) >= 11 is 3.28. The number of hydrogen-bond donors (Lipinski definition) is 0. The fraction of sp³-hybridized carbons (Fsp3) is 0.833. The summed E-state index contributed by atoms with van der Waals surface area (Å²) in [5.41, 5.74) is -0.0382. The normalized spacial score (nSPS) is 23.7. The number of rotatable bonds is 4. The second-order valence-corrected chi connectivity index (χ2v) is 5.81. The minimum absolute atomic E-state index is 0.0382. The Hall–Kier alpha value is -0.420. The molecule has 2 rings (SSSR count). The highest BCUT2D eigenvalue weighted by Crippen LogP contribution is 2.46. The van der Waals surface area contributed by atoms with Crippen LogP contribution < -0.4 is 0 Å². The SMILES string of the molecule is O=C1CC2(CCCC2)CC(=O)N1OCCCBr. The summed E-state index contributed by atoms with van der Waals surface area (Å²) in [5.74, 6) is -0.310. The molecule has 0 aromatic rings. The van der Waals surface area contributed by atoms with Crippen molar-refractivity contribution in [2.24, 2.45) is 5.41 Å². The van der Waals surface area contributed by atoms with Crippen LogP contribution in [0.5, 0.6) is 0 Å². The van der Waals surface area contributed by atoms with E-state index in [1.807, 2.05) is 0 Å². The molecule has 0 unspecified atom stereocenters. The molecule has 2 amide bonds. The minimum atomic E-state index is -0.155. The van der Waals surface area contributed by atoms with Crippen molar-refractivity contribution >= 4 is 27.7 Å². The molecule has 0 N–H and O–H groups in total. The molecule has 0 atom stereocenters. The molecule has 1 aliphatic carbocycles. The molecule has 2 fully saturated rings. The molecule has 1 heterocycles. The van der Waals surface area contributed by atoms with Crippen molar-refractivity contribution in [3.63, 3.8) is 0 Å². The van der Waals surface area contributed by atoms with E-state index in [-0.39, 0.29) is 17.2 Å². The quantitative estimate of drug-likeness (QED) is 0.455. The molecule has 1 aliphatic heterocycles. The molecule has 0 radical (unpaired) electrons. The molecule has 5 heteroatoms. The van der Waals surface area contributed by atoms with Crippen molar-refractivity contribution in [2.45, 2.75) is 44.9 Å². The maximum absolute atomic E-state index is 11.9. The van der Waals surface area contributed by atoms with E-state index in [1.54, 1.807) is 0 Å². The van der Waals surface area contributed by atoms with E-state index in [0.29, 0.717) is 19.4 Å². The van der Waals surface area contributed by atoms with Crippen molar-refractivity contribution in [3.05, 3.63) is 0 Å². The Morgan fingerprint density at radius 3 is 2.29 bits per heavy atom. The van der Waals surface area contributed by atoms with E-state index in [2.05, 4.69) is 15.9 Å². The lowest BCUT2D eigenvalue weighted by Crippen LogP contribution is -2.47. The van der Waals surface area contributed by atoms with Gasteiger partial charge in [0.15, 0.2) is 0 Å². The van der Waals surface area contributed by atoms with Gasteiger partial charge in [0, 0.05) is 18.2 Å². The van der Waals surface area contributed by atoms with Gasteiger partial charge in [-0.1, -0.05) is 28.8 Å². The maximum atomic E-state index is 11.9. The van der Waals surface area contributed by atoms with Crippen molar-refractivity contribution in [1.82, 2.24) is 5.06 Å². The van der Waals surface area contributed by atoms with Gasteiger partial charge in [0.25, 0.3) is 11.8 Å². The smallest absolute Gasteiger partial charge is 0.254 e. The molecule has 4 nitrogen and oxygen atoms in total. The fourth-order valence-electron chi connectivity index (χ4n) is 2.82. The summed E-state index contributed by atoms with van der Waals surface area (Å²) in [6.07, 6.45) is 6.07. The lowest BCUT2D eigenvalue weighted by molar-refractivity contribution is -0.204. The second kappa shape index (κ2) is 5.48. The van der Waals surface area contributed by atoms with Gasteiger partial charge in [-0.25, -0.2) is 0 Å². The minimum Gasteiger partial charge on any atom is -0.272 e. The zero-order valence-corrected chi connectivity index (χ0v) is 11.5. The van der Waals surface area contributed by atoms with Crippen LogP contribution in [0.25, 0.3) is 0 Å². The molecule has 0 aromatic heterocycles. The number of hydrogen-bond acceptors (Lipinski definition) is 3. The van der Waals surface area contributed by atoms with Gasteiger partial charge in [-0.15, -0.1) is 0 Å². The Morgan fingerprint density at radius 2 is 1.76 bits per heavy atom. The van der Waals surface area contributed by atoms with Crippen molar-refractivity contribution < 1.29 is 14.4 Å². The standard InChI is InChI=1S/C12H18BrNO3/c13-6-3-7-17-14-10(15)8-12(9-11(14)16)4-1-2-5-12/h1-9H2. The van der Waals surface area contributed by atoms with E-state index in [1.165, 1.54) is 0 Å². The van der Waals surface area contributed by atoms with E-state index in [0.717, 1.165) is 42.5 Å². The topological polar surface area (TPSA) is 46.6 Å². The first kappa shape index (κ1) is 13.0. The highest BCUT2D eigenvalue weighted by atomic mass is 79.9. The maximum Gasteiger partial charge on any atom is 0.254 e. The summed E-state index contributed by atoms with van der Waals surface area (Å²) in [5, 5.41) is 1.80. The molecule has 0 bridgehead atoms. The van der Waals surface area contributed by atoms with Crippen LogP contribution in [0.4, 0.5) is 0 Å². The number of carbonyl (C=O) groups excluding carboxylic acids is 2. The molecule has 96 valence electrons. The largest absolute Gasteiger partial charge is 0.272 e. The first-order chi connectivity index (χ1) is 8.17. The third-order valence-electron chi connectivity index (χ3n) is 3.67. The van der Waals surface area contributed by atoms with Gasteiger partial charge in [0.1, 0.15) is 0 Å². The highest BCUT2D eigenvalue weighted by Gasteiger charge is 2.45. The van der Waals surface area contributed by atoms with E-state index in [4.69, 9.17) is 4.84 Å². The number of alkyl halides is 1. The predicted molar refractivity (Wildman–Crippen MR) is 66.4 cm³/mol. The van der Waals surface area contributed by atoms with Gasteiger partial charge >= 0.3 is 0 Å². The molecular weight excluding hydrogens is 286 g/mol. The van der Waals surface area contributed by atoms with E-state index >= 15 is 0 Å². The van der Waals surface area contributed by atoms with Crippen LogP contribution in [0.1, 0.15) is 44.9 Å². The Kier molecular flexibility index (Phi) is 4.20. The number of carbonyl (C=O) groups is 2. The summed E-state index contributed by atoms with van der Waals surface area (Å²) in [6, 6.07) is 0. The van der Waals surface area contributed by atoms with E-state index in [9.17, 15) is 9.59 Å². The summed E-state index contributed by atoms with van der Waals surface area (Å²) < 4.78 is 0. The Balaban J connectivity index is 1.94. The van der Waals surface area contributed by atoms with Gasteiger partial charge in [-0.3, -0.25) is 14.4 Å². The van der Waals surface area contributed by atoms with Gasteiger partial charge in [-0.05, 0) is 24.7 Å². The third-order valence-corrected chi connectivity index (χ3v) is 4.23. The summed E-state index contributed by atoms with van der Waals surface area (Å²) in [4.78, 5) is 29.1. The predicted octanol–water partition coefficient (Wildman–Crippen LogP) is 2.41. The zero-order valence-electron chi connectivity index (χ0n) is 9.91. The van der Waals surface area contributed by atoms with Crippen molar-refractivity contribution in [3.8, 4) is 0 Å². The monoisotopic (exact) mass is 303 g/mol. The molecule has 1 saturated heterocycles. The van der Waals surface area contributed by atoms with Crippen LogP contribution in [0, 0.1) is 5.41 Å². The Bertz CT molecular complexity index is 293. The van der Waals surface area contributed by atoms with Crippen LogP contribution >= 0.6 is 15.9 Å². The molecule has 1 spiro atoms. The molecule has 0 aromatic carbocycles. The number of imide groups is 1. The van der Waals surface area contributed by atoms with E-state index < -0.39 is 0 Å². The van der Waals surface area contributed by atoms with Gasteiger partial charge in [-0.2, -0.15) is 5.06 Å².